The molecule has 0 spiro atoms. The number of aromatic nitrogens is 2. The van der Waals surface area contributed by atoms with Gasteiger partial charge in [0, 0.05) is 19.0 Å². The van der Waals surface area contributed by atoms with Crippen molar-refractivity contribution in [3.8, 4) is 0 Å². The molecule has 1 aromatic heterocycles. The van der Waals surface area contributed by atoms with Crippen LogP contribution in [0.5, 0.6) is 0 Å². The summed E-state index contributed by atoms with van der Waals surface area (Å²) in [5, 5.41) is 10.2. The highest BCUT2D eigenvalue weighted by atomic mass is 35.5. The third kappa shape index (κ3) is 4.38. The lowest BCUT2D eigenvalue weighted by Gasteiger charge is -2.33. The minimum Gasteiger partial charge on any atom is -0.363 e. The first-order valence-electron chi connectivity index (χ1n) is 8.86. The lowest BCUT2D eigenvalue weighted by Crippen LogP contribution is -2.35. The number of halogens is 5. The van der Waals surface area contributed by atoms with E-state index in [4.69, 9.17) is 23.2 Å². The summed E-state index contributed by atoms with van der Waals surface area (Å²) in [5.41, 5.74) is 0.521. The number of benzene rings is 1. The van der Waals surface area contributed by atoms with Gasteiger partial charge >= 0.3 is 6.18 Å². The number of carbonyl (C=O) groups is 1. The van der Waals surface area contributed by atoms with Gasteiger partial charge in [0.15, 0.2) is 11.7 Å². The Morgan fingerprint density at radius 3 is 2.71 bits per heavy atom. The fourth-order valence-corrected chi connectivity index (χ4v) is 3.41. The molecule has 0 saturated heterocycles. The van der Waals surface area contributed by atoms with Crippen molar-refractivity contribution in [1.29, 1.82) is 0 Å². The van der Waals surface area contributed by atoms with E-state index in [2.05, 4.69) is 15.7 Å². The second kappa shape index (κ2) is 8.21. The average molecular weight is 435 g/mol. The number of alkyl halides is 3. The van der Waals surface area contributed by atoms with Crippen LogP contribution in [0.25, 0.3) is 0 Å². The van der Waals surface area contributed by atoms with Gasteiger partial charge in [-0.15, -0.1) is 0 Å². The zero-order valence-electron chi connectivity index (χ0n) is 15.0. The van der Waals surface area contributed by atoms with Gasteiger partial charge in [0.1, 0.15) is 5.82 Å². The summed E-state index contributed by atoms with van der Waals surface area (Å²) in [6.45, 7) is 2.42. The molecule has 152 valence electrons. The molecule has 10 heteroatoms. The van der Waals surface area contributed by atoms with Crippen LogP contribution in [0.1, 0.15) is 54.3 Å². The molecular formula is C18H19Cl2F3N4O. The molecule has 2 atom stereocenters. The van der Waals surface area contributed by atoms with Crippen LogP contribution in [0.4, 0.5) is 19.0 Å². The molecule has 28 heavy (non-hydrogen) atoms. The van der Waals surface area contributed by atoms with Gasteiger partial charge in [-0.2, -0.15) is 18.3 Å². The fourth-order valence-electron chi connectivity index (χ4n) is 3.10. The molecule has 2 heterocycles. The maximum Gasteiger partial charge on any atom is 0.410 e. The van der Waals surface area contributed by atoms with E-state index < -0.39 is 24.2 Å². The number of rotatable bonds is 5. The maximum atomic E-state index is 13.7. The van der Waals surface area contributed by atoms with Crippen molar-refractivity contribution in [3.63, 3.8) is 0 Å². The van der Waals surface area contributed by atoms with Crippen molar-refractivity contribution >= 4 is 34.9 Å². The third-order valence-electron chi connectivity index (χ3n) is 4.58. The molecule has 0 unspecified atom stereocenters. The van der Waals surface area contributed by atoms with Crippen molar-refractivity contribution in [2.75, 3.05) is 11.9 Å². The topological polar surface area (TPSA) is 59.0 Å². The summed E-state index contributed by atoms with van der Waals surface area (Å²) in [6.07, 6.45) is -3.13. The van der Waals surface area contributed by atoms with Crippen molar-refractivity contribution in [3.05, 3.63) is 45.6 Å². The van der Waals surface area contributed by atoms with Gasteiger partial charge in [-0.25, -0.2) is 4.68 Å². The molecule has 1 aliphatic rings. The number of unbranched alkanes of at least 4 members (excludes halogenated alkanes) is 1. The van der Waals surface area contributed by atoms with E-state index >= 15 is 0 Å². The van der Waals surface area contributed by atoms with Crippen LogP contribution in [-0.2, 0) is 0 Å². The predicted octanol–water partition coefficient (Wildman–Crippen LogP) is 5.38. The van der Waals surface area contributed by atoms with Crippen LogP contribution in [0.15, 0.2) is 24.3 Å². The first-order valence-corrected chi connectivity index (χ1v) is 9.62. The second-order valence-electron chi connectivity index (χ2n) is 6.63. The second-order valence-corrected chi connectivity index (χ2v) is 7.45. The van der Waals surface area contributed by atoms with Crippen LogP contribution in [0.3, 0.4) is 0 Å². The Labute approximate surface area is 170 Å². The van der Waals surface area contributed by atoms with Crippen LogP contribution in [0, 0.1) is 0 Å². The number of anilines is 1. The van der Waals surface area contributed by atoms with Crippen molar-refractivity contribution in [1.82, 2.24) is 15.1 Å². The van der Waals surface area contributed by atoms with Gasteiger partial charge in [0.25, 0.3) is 5.91 Å². The van der Waals surface area contributed by atoms with Crippen molar-refractivity contribution < 1.29 is 18.0 Å². The molecule has 2 aromatic rings. The Balaban J connectivity index is 1.91. The number of fused-ring (bicyclic) bond motifs is 1. The molecule has 3 rings (SSSR count). The fraction of sp³-hybridized carbons (Fsp3) is 0.444. The summed E-state index contributed by atoms with van der Waals surface area (Å²) in [7, 11) is 0. The molecule has 1 aromatic carbocycles. The maximum absolute atomic E-state index is 13.7. The van der Waals surface area contributed by atoms with Crippen molar-refractivity contribution in [2.24, 2.45) is 0 Å². The van der Waals surface area contributed by atoms with Gasteiger partial charge in [-0.3, -0.25) is 4.79 Å². The Bertz CT molecular complexity index is 869. The van der Waals surface area contributed by atoms with E-state index in [0.29, 0.717) is 17.1 Å². The van der Waals surface area contributed by atoms with E-state index in [-0.39, 0.29) is 23.0 Å². The smallest absolute Gasteiger partial charge is 0.363 e. The number of amides is 1. The molecule has 0 bridgehead atoms. The summed E-state index contributed by atoms with van der Waals surface area (Å²) in [5.74, 6) is -0.366. The molecule has 1 amide bonds. The Hall–Kier alpha value is -1.93. The molecule has 0 radical (unpaired) electrons. The van der Waals surface area contributed by atoms with Gasteiger partial charge in [0.2, 0.25) is 0 Å². The molecule has 2 N–H and O–H groups in total. The summed E-state index contributed by atoms with van der Waals surface area (Å²) < 4.78 is 41.9. The Morgan fingerprint density at radius 1 is 1.32 bits per heavy atom. The lowest BCUT2D eigenvalue weighted by molar-refractivity contribution is -0.173. The highest BCUT2D eigenvalue weighted by Gasteiger charge is 2.46. The summed E-state index contributed by atoms with van der Waals surface area (Å²) in [4.78, 5) is 12.2. The first-order chi connectivity index (χ1) is 13.2. The van der Waals surface area contributed by atoms with Gasteiger partial charge in [-0.05, 0) is 24.1 Å². The van der Waals surface area contributed by atoms with Gasteiger partial charge in [0.05, 0.1) is 16.1 Å². The highest BCUT2D eigenvalue weighted by molar-refractivity contribution is 6.42. The number of hydrogen-bond donors (Lipinski definition) is 2. The SMILES string of the molecule is CCCCNC(=O)c1cc2n(n1)[C@H](C(F)(F)F)C[C@H](c1ccc(Cl)c(Cl)c1)N2. The predicted molar refractivity (Wildman–Crippen MR) is 102 cm³/mol. The molecule has 5 nitrogen and oxygen atoms in total. The standard InChI is InChI=1S/C18H19Cl2F3N4O/c1-2-3-6-24-17(28)14-9-16-25-13(10-4-5-11(19)12(20)7-10)8-15(18(21,22)23)27(16)26-14/h4-5,7,9,13,15,25H,2-3,6,8H2,1H3,(H,24,28)/t13-,15+/m1/s1. The molecule has 0 saturated carbocycles. The zero-order chi connectivity index (χ0) is 20.5. The molecular weight excluding hydrogens is 416 g/mol. The highest BCUT2D eigenvalue weighted by Crippen LogP contribution is 2.44. The van der Waals surface area contributed by atoms with E-state index in [9.17, 15) is 18.0 Å². The minimum absolute atomic E-state index is 0.0531. The van der Waals surface area contributed by atoms with Crippen molar-refractivity contribution in [2.45, 2.75) is 44.4 Å². The van der Waals surface area contributed by atoms with Gasteiger partial charge < -0.3 is 10.6 Å². The summed E-state index contributed by atoms with van der Waals surface area (Å²) >= 11 is 11.9. The van der Waals surface area contributed by atoms with E-state index in [0.717, 1.165) is 17.5 Å². The molecule has 0 fully saturated rings. The van der Waals surface area contributed by atoms with Crippen LogP contribution in [-0.4, -0.2) is 28.4 Å². The van der Waals surface area contributed by atoms with Crippen LogP contribution >= 0.6 is 23.2 Å². The van der Waals surface area contributed by atoms with E-state index in [1.54, 1.807) is 18.2 Å². The molecule has 0 aliphatic carbocycles. The normalized spacial score (nSPS) is 19.1. The minimum atomic E-state index is -4.52. The third-order valence-corrected chi connectivity index (χ3v) is 5.32. The average Bonchev–Trinajstić information content (AvgIpc) is 3.06. The quantitative estimate of drug-likeness (QED) is 0.620. The largest absolute Gasteiger partial charge is 0.410 e. The summed E-state index contributed by atoms with van der Waals surface area (Å²) in [6, 6.07) is 3.54. The van der Waals surface area contributed by atoms with E-state index in [1.807, 2.05) is 6.92 Å². The monoisotopic (exact) mass is 434 g/mol. The number of hydrogen-bond acceptors (Lipinski definition) is 3. The Kier molecular flexibility index (Phi) is 6.09. The van der Waals surface area contributed by atoms with Crippen LogP contribution in [0.2, 0.25) is 10.0 Å². The molecule has 1 aliphatic heterocycles. The Morgan fingerprint density at radius 2 is 2.07 bits per heavy atom. The zero-order valence-corrected chi connectivity index (χ0v) is 16.5. The van der Waals surface area contributed by atoms with Crippen LogP contribution < -0.4 is 10.6 Å². The lowest BCUT2D eigenvalue weighted by atomic mass is 9.97. The number of nitrogens with one attached hydrogen (secondary N) is 2. The van der Waals surface area contributed by atoms with E-state index in [1.165, 1.54) is 6.07 Å². The number of nitrogens with zero attached hydrogens (tertiary/aromatic N) is 2. The first kappa shape index (κ1) is 20.8. The number of carbonyl (C=O) groups excluding carboxylic acids is 1. The van der Waals surface area contributed by atoms with Gasteiger partial charge in [-0.1, -0.05) is 42.6 Å².